The molecule has 2 aromatic rings. The highest BCUT2D eigenvalue weighted by atomic mass is 16.5. The second-order valence-corrected chi connectivity index (χ2v) is 8.35. The van der Waals surface area contributed by atoms with Crippen LogP contribution in [0.1, 0.15) is 87.9 Å². The summed E-state index contributed by atoms with van der Waals surface area (Å²) in [4.78, 5) is 12.0. The van der Waals surface area contributed by atoms with Gasteiger partial charge in [0, 0.05) is 6.61 Å². The summed E-state index contributed by atoms with van der Waals surface area (Å²) < 4.78 is 11.1. The lowest BCUT2D eigenvalue weighted by molar-refractivity contribution is 0.0500. The van der Waals surface area contributed by atoms with Gasteiger partial charge in [0.25, 0.3) is 0 Å². The van der Waals surface area contributed by atoms with Gasteiger partial charge in [-0.05, 0) is 54.7 Å². The average Bonchev–Trinajstić information content (AvgIpc) is 2.83. The van der Waals surface area contributed by atoms with E-state index in [0.29, 0.717) is 18.8 Å². The zero-order valence-corrected chi connectivity index (χ0v) is 19.7. The van der Waals surface area contributed by atoms with Gasteiger partial charge in [-0.15, -0.1) is 0 Å². The third kappa shape index (κ3) is 10.3. The molecular formula is C28H40O4. The number of unbranched alkanes of at least 4 members (excludes halogenated alkanes) is 9. The largest absolute Gasteiger partial charge is 0.494 e. The molecule has 32 heavy (non-hydrogen) atoms. The number of aliphatic hydroxyl groups excluding tert-OH is 1. The number of rotatable bonds is 17. The number of hydrogen-bond donors (Lipinski definition) is 1. The number of carbonyl (C=O) groups excluding carboxylic acids is 1. The van der Waals surface area contributed by atoms with E-state index >= 15 is 0 Å². The van der Waals surface area contributed by atoms with E-state index in [0.717, 1.165) is 55.6 Å². The molecule has 0 radical (unpaired) electrons. The summed E-state index contributed by atoms with van der Waals surface area (Å²) in [5, 5.41) is 8.77. The van der Waals surface area contributed by atoms with Crippen molar-refractivity contribution in [2.45, 2.75) is 77.6 Å². The van der Waals surface area contributed by atoms with E-state index in [-0.39, 0.29) is 5.97 Å². The Morgan fingerprint density at radius 2 is 1.22 bits per heavy atom. The van der Waals surface area contributed by atoms with Gasteiger partial charge in [0.1, 0.15) is 5.75 Å². The maximum atomic E-state index is 12.0. The smallest absolute Gasteiger partial charge is 0.338 e. The molecule has 0 saturated heterocycles. The van der Waals surface area contributed by atoms with E-state index in [1.807, 2.05) is 36.4 Å². The molecule has 176 valence electrons. The van der Waals surface area contributed by atoms with Crippen molar-refractivity contribution in [3.8, 4) is 16.9 Å². The number of carbonyl (C=O) groups is 1. The Balaban J connectivity index is 1.63. The highest BCUT2D eigenvalue weighted by molar-refractivity contribution is 5.90. The first-order valence-corrected chi connectivity index (χ1v) is 12.4. The van der Waals surface area contributed by atoms with Gasteiger partial charge in [0.05, 0.1) is 18.8 Å². The fourth-order valence-corrected chi connectivity index (χ4v) is 3.58. The fraction of sp³-hybridized carbons (Fsp3) is 0.536. The molecule has 0 spiro atoms. The number of aliphatic hydroxyl groups is 1. The minimum absolute atomic E-state index is 0.258. The van der Waals surface area contributed by atoms with E-state index in [9.17, 15) is 4.79 Å². The Morgan fingerprint density at radius 1 is 0.688 bits per heavy atom. The van der Waals surface area contributed by atoms with Crippen LogP contribution < -0.4 is 4.74 Å². The molecule has 4 nitrogen and oxygen atoms in total. The molecule has 0 aliphatic carbocycles. The van der Waals surface area contributed by atoms with Gasteiger partial charge in [-0.25, -0.2) is 4.79 Å². The lowest BCUT2D eigenvalue weighted by atomic mass is 10.0. The molecule has 0 aliphatic heterocycles. The molecular weight excluding hydrogens is 400 g/mol. The van der Waals surface area contributed by atoms with Crippen LogP contribution in [0.5, 0.6) is 5.75 Å². The second kappa shape index (κ2) is 16.3. The van der Waals surface area contributed by atoms with E-state index in [1.54, 1.807) is 0 Å². The Hall–Kier alpha value is -2.33. The Labute approximate surface area is 194 Å². The van der Waals surface area contributed by atoms with Crippen molar-refractivity contribution in [2.24, 2.45) is 0 Å². The van der Waals surface area contributed by atoms with Gasteiger partial charge in [-0.1, -0.05) is 82.6 Å². The van der Waals surface area contributed by atoms with Crippen LogP contribution in [0.3, 0.4) is 0 Å². The van der Waals surface area contributed by atoms with Gasteiger partial charge in [0.2, 0.25) is 0 Å². The zero-order chi connectivity index (χ0) is 22.9. The standard InChI is InChI=1S/C28H40O4/c1-2-3-22-32-28(30)26-15-13-24(14-16-26)25-17-19-27(20-18-25)31-23-12-10-8-6-4-5-7-9-11-21-29/h13-20,29H,2-12,21-23H2,1H3. The summed E-state index contributed by atoms with van der Waals surface area (Å²) in [6, 6.07) is 15.7. The molecule has 0 atom stereocenters. The molecule has 1 N–H and O–H groups in total. The van der Waals surface area contributed by atoms with Gasteiger partial charge >= 0.3 is 5.97 Å². The minimum Gasteiger partial charge on any atom is -0.494 e. The zero-order valence-electron chi connectivity index (χ0n) is 19.7. The molecule has 4 heteroatoms. The first-order chi connectivity index (χ1) is 15.7. The SMILES string of the molecule is CCCCOC(=O)c1ccc(-c2ccc(OCCCCCCCCCCCO)cc2)cc1. The molecule has 0 amide bonds. The Kier molecular flexibility index (Phi) is 13.2. The van der Waals surface area contributed by atoms with E-state index in [4.69, 9.17) is 14.6 Å². The third-order valence-corrected chi connectivity index (χ3v) is 5.61. The average molecular weight is 441 g/mol. The van der Waals surface area contributed by atoms with Gasteiger partial charge < -0.3 is 14.6 Å². The first-order valence-electron chi connectivity index (χ1n) is 12.4. The van der Waals surface area contributed by atoms with Crippen molar-refractivity contribution in [3.05, 3.63) is 54.1 Å². The van der Waals surface area contributed by atoms with Gasteiger partial charge in [-0.2, -0.15) is 0 Å². The normalized spacial score (nSPS) is 10.8. The van der Waals surface area contributed by atoms with Crippen LogP contribution in [0.15, 0.2) is 48.5 Å². The third-order valence-electron chi connectivity index (χ3n) is 5.61. The Morgan fingerprint density at radius 3 is 1.78 bits per heavy atom. The second-order valence-electron chi connectivity index (χ2n) is 8.35. The molecule has 0 aromatic heterocycles. The van der Waals surface area contributed by atoms with Gasteiger partial charge in [-0.3, -0.25) is 0 Å². The summed E-state index contributed by atoms with van der Waals surface area (Å²) >= 11 is 0. The molecule has 0 fully saturated rings. The van der Waals surface area contributed by atoms with Crippen LogP contribution in [0, 0.1) is 0 Å². The topological polar surface area (TPSA) is 55.8 Å². The van der Waals surface area contributed by atoms with Crippen LogP contribution >= 0.6 is 0 Å². The number of esters is 1. The predicted octanol–water partition coefficient (Wildman–Crippen LogP) is 7.19. The summed E-state index contributed by atoms with van der Waals surface area (Å²) in [6.45, 7) is 3.63. The summed E-state index contributed by atoms with van der Waals surface area (Å²) in [6.07, 6.45) is 12.7. The van der Waals surface area contributed by atoms with Crippen molar-refractivity contribution in [3.63, 3.8) is 0 Å². The van der Waals surface area contributed by atoms with Crippen LogP contribution in [-0.2, 0) is 4.74 Å². The lowest BCUT2D eigenvalue weighted by Gasteiger charge is -2.08. The maximum Gasteiger partial charge on any atom is 0.338 e. The van der Waals surface area contributed by atoms with Crippen molar-refractivity contribution in [2.75, 3.05) is 19.8 Å². The molecule has 0 aliphatic rings. The molecule has 0 heterocycles. The van der Waals surface area contributed by atoms with E-state index in [2.05, 4.69) is 19.1 Å². The molecule has 2 rings (SSSR count). The molecule has 0 saturated carbocycles. The number of benzene rings is 2. The van der Waals surface area contributed by atoms with Crippen LogP contribution in [-0.4, -0.2) is 30.9 Å². The van der Waals surface area contributed by atoms with E-state index < -0.39 is 0 Å². The Bertz CT molecular complexity index is 737. The maximum absolute atomic E-state index is 12.0. The van der Waals surface area contributed by atoms with E-state index in [1.165, 1.54) is 38.5 Å². The molecule has 0 bridgehead atoms. The number of hydrogen-bond acceptors (Lipinski definition) is 4. The molecule has 2 aromatic carbocycles. The van der Waals surface area contributed by atoms with Crippen LogP contribution in [0.2, 0.25) is 0 Å². The summed E-state index contributed by atoms with van der Waals surface area (Å²) in [5.74, 6) is 0.639. The van der Waals surface area contributed by atoms with Crippen molar-refractivity contribution >= 4 is 5.97 Å². The summed E-state index contributed by atoms with van der Waals surface area (Å²) in [7, 11) is 0. The predicted molar refractivity (Wildman–Crippen MR) is 131 cm³/mol. The highest BCUT2D eigenvalue weighted by Crippen LogP contribution is 2.23. The minimum atomic E-state index is -0.258. The van der Waals surface area contributed by atoms with Crippen molar-refractivity contribution < 1.29 is 19.4 Å². The quantitative estimate of drug-likeness (QED) is 0.209. The summed E-state index contributed by atoms with van der Waals surface area (Å²) in [5.41, 5.74) is 2.76. The highest BCUT2D eigenvalue weighted by Gasteiger charge is 2.07. The molecule has 0 unspecified atom stereocenters. The van der Waals surface area contributed by atoms with Gasteiger partial charge in [0.15, 0.2) is 0 Å². The van der Waals surface area contributed by atoms with Crippen molar-refractivity contribution in [1.82, 2.24) is 0 Å². The van der Waals surface area contributed by atoms with Crippen LogP contribution in [0.25, 0.3) is 11.1 Å². The monoisotopic (exact) mass is 440 g/mol. The number of ether oxygens (including phenoxy) is 2. The van der Waals surface area contributed by atoms with Crippen LogP contribution in [0.4, 0.5) is 0 Å². The fourth-order valence-electron chi connectivity index (χ4n) is 3.58. The van der Waals surface area contributed by atoms with Crippen molar-refractivity contribution in [1.29, 1.82) is 0 Å². The lowest BCUT2D eigenvalue weighted by Crippen LogP contribution is -2.06. The first kappa shape index (κ1) is 25.9.